The Morgan fingerprint density at radius 3 is 2.62 bits per heavy atom. The number of H-pyrrole nitrogens is 1. The minimum Gasteiger partial charge on any atom is -0.505 e. The fourth-order valence-corrected chi connectivity index (χ4v) is 4.30. The highest BCUT2D eigenvalue weighted by Gasteiger charge is 2.16. The number of aryl methyl sites for hydroxylation is 3. The van der Waals surface area contributed by atoms with Crippen LogP contribution in [-0.2, 0) is 12.8 Å². The van der Waals surface area contributed by atoms with E-state index in [1.165, 1.54) is 27.9 Å². The molecule has 0 atom stereocenters. The van der Waals surface area contributed by atoms with Gasteiger partial charge in [0.2, 0.25) is 0 Å². The van der Waals surface area contributed by atoms with Gasteiger partial charge in [-0.05, 0) is 73.2 Å². The van der Waals surface area contributed by atoms with Gasteiger partial charge in [0.1, 0.15) is 5.69 Å². The number of nitrogens with one attached hydrogen (secondary N) is 1. The van der Waals surface area contributed by atoms with E-state index in [0.29, 0.717) is 16.8 Å². The maximum Gasteiger partial charge on any atom is 0.335 e. The number of hydrogen-bond donors (Lipinski definition) is 3. The predicted molar refractivity (Wildman–Crippen MR) is 128 cm³/mol. The molecule has 0 amide bonds. The van der Waals surface area contributed by atoms with E-state index in [1.54, 1.807) is 37.3 Å². The fraction of sp³-hybridized carbons (Fsp3) is 0.154. The van der Waals surface area contributed by atoms with Crippen molar-refractivity contribution in [1.82, 2.24) is 9.78 Å². The summed E-state index contributed by atoms with van der Waals surface area (Å²) >= 11 is 0. The molecule has 8 nitrogen and oxygen atoms in total. The highest BCUT2D eigenvalue weighted by molar-refractivity contribution is 5.90. The summed E-state index contributed by atoms with van der Waals surface area (Å²) in [4.78, 5) is 24.3. The van der Waals surface area contributed by atoms with E-state index in [-0.39, 0.29) is 28.2 Å². The van der Waals surface area contributed by atoms with Gasteiger partial charge >= 0.3 is 5.97 Å². The summed E-state index contributed by atoms with van der Waals surface area (Å²) in [6.07, 6.45) is 3.20. The van der Waals surface area contributed by atoms with E-state index in [0.717, 1.165) is 24.9 Å². The number of carbonyl (C=O) groups is 1. The second kappa shape index (κ2) is 8.47. The van der Waals surface area contributed by atoms with Crippen molar-refractivity contribution in [1.29, 1.82) is 0 Å². The lowest BCUT2D eigenvalue weighted by Crippen LogP contribution is -2.14. The number of phenolic OH excluding ortho intramolecular Hbond substituents is 1. The number of benzene rings is 3. The molecule has 3 N–H and O–H groups in total. The summed E-state index contributed by atoms with van der Waals surface area (Å²) in [7, 11) is 0. The minimum absolute atomic E-state index is 0.110. The van der Waals surface area contributed by atoms with Crippen LogP contribution in [0.2, 0.25) is 0 Å². The first-order chi connectivity index (χ1) is 16.4. The molecule has 0 radical (unpaired) electrons. The Morgan fingerprint density at radius 2 is 1.79 bits per heavy atom. The molecule has 1 heterocycles. The maximum atomic E-state index is 13.0. The number of aromatic carboxylic acids is 1. The lowest BCUT2D eigenvalue weighted by Gasteiger charge is -2.07. The van der Waals surface area contributed by atoms with Crippen LogP contribution >= 0.6 is 0 Å². The van der Waals surface area contributed by atoms with Crippen molar-refractivity contribution in [2.24, 2.45) is 10.2 Å². The summed E-state index contributed by atoms with van der Waals surface area (Å²) < 4.78 is 1.45. The second-order valence-corrected chi connectivity index (χ2v) is 8.29. The summed E-state index contributed by atoms with van der Waals surface area (Å²) in [6, 6.07) is 17.2. The van der Waals surface area contributed by atoms with Crippen molar-refractivity contribution in [3.05, 3.63) is 93.4 Å². The highest BCUT2D eigenvalue weighted by Crippen LogP contribution is 2.38. The Labute approximate surface area is 194 Å². The van der Waals surface area contributed by atoms with Gasteiger partial charge in [0.15, 0.2) is 11.4 Å². The Morgan fingerprint density at radius 1 is 1.00 bits per heavy atom. The third-order valence-electron chi connectivity index (χ3n) is 6.07. The van der Waals surface area contributed by atoms with Crippen LogP contribution in [0, 0.1) is 6.92 Å². The fourth-order valence-electron chi connectivity index (χ4n) is 4.30. The molecule has 0 fully saturated rings. The molecule has 1 aliphatic rings. The number of fused-ring (bicyclic) bond motifs is 1. The van der Waals surface area contributed by atoms with E-state index in [9.17, 15) is 19.8 Å². The number of hydrogen-bond acceptors (Lipinski definition) is 5. The van der Waals surface area contributed by atoms with Crippen LogP contribution in [0.5, 0.6) is 5.75 Å². The summed E-state index contributed by atoms with van der Waals surface area (Å²) in [6.45, 7) is 1.74. The van der Waals surface area contributed by atoms with Gasteiger partial charge in [-0.3, -0.25) is 9.89 Å². The SMILES string of the molecule is Cc1[nH]n(-c2ccc3c(c2)CCC3)c(=O)c1N=Nc1cccc(-c2cccc(C(=O)O)c2)c1O. The van der Waals surface area contributed by atoms with E-state index in [2.05, 4.69) is 21.4 Å². The summed E-state index contributed by atoms with van der Waals surface area (Å²) in [5.41, 5.74) is 4.94. The number of azo groups is 1. The molecule has 0 aliphatic heterocycles. The van der Waals surface area contributed by atoms with Gasteiger partial charge in [-0.15, -0.1) is 10.2 Å². The van der Waals surface area contributed by atoms with E-state index < -0.39 is 5.97 Å². The van der Waals surface area contributed by atoms with Crippen LogP contribution < -0.4 is 5.56 Å². The van der Waals surface area contributed by atoms with Crippen LogP contribution in [0.25, 0.3) is 16.8 Å². The highest BCUT2D eigenvalue weighted by atomic mass is 16.4. The molecule has 8 heteroatoms. The molecule has 1 aliphatic carbocycles. The van der Waals surface area contributed by atoms with Gasteiger partial charge in [0, 0.05) is 5.56 Å². The molecule has 0 bridgehead atoms. The smallest absolute Gasteiger partial charge is 0.335 e. The number of nitrogens with zero attached hydrogens (tertiary/aromatic N) is 3. The molecule has 0 saturated heterocycles. The second-order valence-electron chi connectivity index (χ2n) is 8.29. The molecule has 0 unspecified atom stereocenters. The van der Waals surface area contributed by atoms with Crippen LogP contribution in [0.15, 0.2) is 75.7 Å². The van der Waals surface area contributed by atoms with Crippen molar-refractivity contribution >= 4 is 17.3 Å². The predicted octanol–water partition coefficient (Wildman–Crippen LogP) is 5.45. The first-order valence-corrected chi connectivity index (χ1v) is 10.9. The Bertz CT molecular complexity index is 1510. The lowest BCUT2D eigenvalue weighted by molar-refractivity contribution is 0.0697. The van der Waals surface area contributed by atoms with Gasteiger partial charge in [0.05, 0.1) is 16.9 Å². The quantitative estimate of drug-likeness (QED) is 0.347. The number of phenols is 1. The van der Waals surface area contributed by atoms with Crippen LogP contribution in [-0.4, -0.2) is 26.0 Å². The van der Waals surface area contributed by atoms with Crippen LogP contribution in [0.4, 0.5) is 11.4 Å². The first kappa shape index (κ1) is 21.4. The molecular formula is C26H22N4O4. The molecule has 34 heavy (non-hydrogen) atoms. The molecule has 0 saturated carbocycles. The van der Waals surface area contributed by atoms with Gasteiger partial charge in [0.25, 0.3) is 5.56 Å². The minimum atomic E-state index is -1.06. The number of carboxylic acid groups (broad SMARTS) is 1. The van der Waals surface area contributed by atoms with Gasteiger partial charge in [-0.1, -0.05) is 30.3 Å². The van der Waals surface area contributed by atoms with E-state index in [1.807, 2.05) is 12.1 Å². The number of para-hydroxylation sites is 1. The summed E-state index contributed by atoms with van der Waals surface area (Å²) in [5, 5.41) is 31.3. The Kier molecular flexibility index (Phi) is 5.33. The number of aromatic nitrogens is 2. The molecule has 5 rings (SSSR count). The first-order valence-electron chi connectivity index (χ1n) is 10.9. The average Bonchev–Trinajstić information content (AvgIpc) is 3.42. The zero-order valence-corrected chi connectivity index (χ0v) is 18.4. The van der Waals surface area contributed by atoms with Crippen LogP contribution in [0.1, 0.15) is 33.6 Å². The van der Waals surface area contributed by atoms with Crippen molar-refractivity contribution in [2.45, 2.75) is 26.2 Å². The molecule has 1 aromatic heterocycles. The van der Waals surface area contributed by atoms with Crippen molar-refractivity contribution in [3.8, 4) is 22.6 Å². The average molecular weight is 454 g/mol. The monoisotopic (exact) mass is 454 g/mol. The van der Waals surface area contributed by atoms with Crippen molar-refractivity contribution in [2.75, 3.05) is 0 Å². The largest absolute Gasteiger partial charge is 0.505 e. The van der Waals surface area contributed by atoms with E-state index >= 15 is 0 Å². The molecular weight excluding hydrogens is 432 g/mol. The maximum absolute atomic E-state index is 13.0. The Balaban J connectivity index is 1.49. The lowest BCUT2D eigenvalue weighted by atomic mass is 10.0. The topological polar surface area (TPSA) is 120 Å². The molecule has 170 valence electrons. The number of carboxylic acids is 1. The number of aromatic hydroxyl groups is 1. The molecule has 0 spiro atoms. The molecule has 3 aromatic carbocycles. The zero-order chi connectivity index (χ0) is 23.8. The number of aromatic amines is 1. The van der Waals surface area contributed by atoms with Gasteiger partial charge < -0.3 is 10.2 Å². The summed E-state index contributed by atoms with van der Waals surface area (Å²) in [5.74, 6) is -1.21. The Hall–Kier alpha value is -4.46. The van der Waals surface area contributed by atoms with E-state index in [4.69, 9.17) is 0 Å². The van der Waals surface area contributed by atoms with Crippen molar-refractivity contribution in [3.63, 3.8) is 0 Å². The molecule has 4 aromatic rings. The van der Waals surface area contributed by atoms with Crippen LogP contribution in [0.3, 0.4) is 0 Å². The third kappa shape index (κ3) is 3.79. The third-order valence-corrected chi connectivity index (χ3v) is 6.07. The standard InChI is InChI=1S/C26H22N4O4/c1-15-23(25(32)30(29-15)20-12-11-16-5-2-6-17(16)14-20)28-27-22-10-4-9-21(24(22)31)18-7-3-8-19(13-18)26(33)34/h3-4,7-14,29,31H,2,5-6H2,1H3,(H,33,34). The van der Waals surface area contributed by atoms with Gasteiger partial charge in [-0.2, -0.15) is 0 Å². The zero-order valence-electron chi connectivity index (χ0n) is 18.4. The van der Waals surface area contributed by atoms with Crippen molar-refractivity contribution < 1.29 is 15.0 Å². The number of rotatable bonds is 5. The van der Waals surface area contributed by atoms with Gasteiger partial charge in [-0.25, -0.2) is 9.48 Å². The normalized spacial score (nSPS) is 12.9.